The Morgan fingerprint density at radius 2 is 1.95 bits per heavy atom. The fourth-order valence-corrected chi connectivity index (χ4v) is 1.94. The van der Waals surface area contributed by atoms with Crippen molar-refractivity contribution in [2.45, 2.75) is 6.10 Å². The van der Waals surface area contributed by atoms with E-state index in [1.54, 1.807) is 18.2 Å². The lowest BCUT2D eigenvalue weighted by Gasteiger charge is -2.16. The molecule has 0 heterocycles. The lowest BCUT2D eigenvalue weighted by molar-refractivity contribution is 0.106. The molecule has 19 heavy (non-hydrogen) atoms. The third kappa shape index (κ3) is 6.45. The summed E-state index contributed by atoms with van der Waals surface area (Å²) >= 11 is 11.9. The third-order valence-electron chi connectivity index (χ3n) is 2.45. The van der Waals surface area contributed by atoms with E-state index in [-0.39, 0.29) is 6.61 Å². The normalized spacial score (nSPS) is 12.7. The molecule has 1 unspecified atom stereocenters. The van der Waals surface area contributed by atoms with Crippen molar-refractivity contribution in [1.82, 2.24) is 10.2 Å². The van der Waals surface area contributed by atoms with Gasteiger partial charge in [-0.05, 0) is 26.2 Å². The zero-order valence-corrected chi connectivity index (χ0v) is 12.7. The van der Waals surface area contributed by atoms with Crippen molar-refractivity contribution in [3.63, 3.8) is 0 Å². The van der Waals surface area contributed by atoms with Crippen LogP contribution >= 0.6 is 23.2 Å². The Morgan fingerprint density at radius 3 is 2.53 bits per heavy atom. The Hall–Kier alpha value is -0.520. The fourth-order valence-electron chi connectivity index (χ4n) is 1.43. The van der Waals surface area contributed by atoms with Gasteiger partial charge in [-0.2, -0.15) is 0 Å². The number of para-hydroxylation sites is 1. The molecule has 1 aromatic rings. The van der Waals surface area contributed by atoms with Crippen LogP contribution in [0.15, 0.2) is 18.2 Å². The van der Waals surface area contributed by atoms with Crippen LogP contribution in [0.3, 0.4) is 0 Å². The predicted octanol–water partition coefficient (Wildman–Crippen LogP) is 1.88. The van der Waals surface area contributed by atoms with Crippen LogP contribution in [0.4, 0.5) is 0 Å². The van der Waals surface area contributed by atoms with E-state index in [1.807, 2.05) is 14.1 Å². The number of hydrogen-bond donors (Lipinski definition) is 2. The van der Waals surface area contributed by atoms with Gasteiger partial charge >= 0.3 is 0 Å². The summed E-state index contributed by atoms with van der Waals surface area (Å²) in [6.07, 6.45) is -0.602. The fraction of sp³-hybridized carbons (Fsp3) is 0.538. The average molecular weight is 307 g/mol. The summed E-state index contributed by atoms with van der Waals surface area (Å²) in [7, 11) is 4.00. The molecule has 0 aliphatic rings. The van der Waals surface area contributed by atoms with Crippen molar-refractivity contribution in [1.29, 1.82) is 0 Å². The molecule has 2 N–H and O–H groups in total. The number of nitrogens with one attached hydrogen (secondary N) is 1. The van der Waals surface area contributed by atoms with E-state index in [0.717, 1.165) is 13.1 Å². The van der Waals surface area contributed by atoms with E-state index in [1.165, 1.54) is 0 Å². The van der Waals surface area contributed by atoms with Crippen molar-refractivity contribution in [3.8, 4) is 5.75 Å². The number of hydrogen-bond acceptors (Lipinski definition) is 4. The molecule has 6 heteroatoms. The Bertz CT molecular complexity index is 369. The molecule has 0 saturated heterocycles. The summed E-state index contributed by atoms with van der Waals surface area (Å²) in [6, 6.07) is 5.14. The molecule has 0 spiro atoms. The molecule has 0 aromatic heterocycles. The highest BCUT2D eigenvalue weighted by Gasteiger charge is 2.10. The monoisotopic (exact) mass is 306 g/mol. The van der Waals surface area contributed by atoms with Gasteiger partial charge in [-0.25, -0.2) is 0 Å². The third-order valence-corrected chi connectivity index (χ3v) is 3.05. The second kappa shape index (κ2) is 8.61. The molecule has 0 aliphatic carbocycles. The zero-order chi connectivity index (χ0) is 14.3. The Morgan fingerprint density at radius 1 is 1.32 bits per heavy atom. The SMILES string of the molecule is CN(C)CCNCC(O)COc1c(Cl)cccc1Cl. The van der Waals surface area contributed by atoms with Gasteiger partial charge in [-0.1, -0.05) is 29.3 Å². The minimum Gasteiger partial charge on any atom is -0.488 e. The van der Waals surface area contributed by atoms with E-state index in [4.69, 9.17) is 27.9 Å². The van der Waals surface area contributed by atoms with Gasteiger partial charge in [0.15, 0.2) is 5.75 Å². The topological polar surface area (TPSA) is 44.7 Å². The average Bonchev–Trinajstić information content (AvgIpc) is 2.34. The number of rotatable bonds is 8. The molecule has 0 fully saturated rings. The number of nitrogens with zero attached hydrogens (tertiary/aromatic N) is 1. The lowest BCUT2D eigenvalue weighted by Crippen LogP contribution is -2.35. The van der Waals surface area contributed by atoms with Gasteiger partial charge < -0.3 is 20.1 Å². The van der Waals surface area contributed by atoms with Crippen molar-refractivity contribution >= 4 is 23.2 Å². The van der Waals surface area contributed by atoms with Crippen LogP contribution < -0.4 is 10.1 Å². The number of aliphatic hydroxyl groups excluding tert-OH is 1. The second-order valence-corrected chi connectivity index (χ2v) is 5.34. The first-order valence-corrected chi connectivity index (χ1v) is 6.86. The highest BCUT2D eigenvalue weighted by molar-refractivity contribution is 6.37. The van der Waals surface area contributed by atoms with Crippen LogP contribution in [0.5, 0.6) is 5.75 Å². The van der Waals surface area contributed by atoms with Crippen molar-refractivity contribution in [2.75, 3.05) is 40.3 Å². The minimum atomic E-state index is -0.602. The second-order valence-electron chi connectivity index (χ2n) is 4.52. The summed E-state index contributed by atoms with van der Waals surface area (Å²) in [4.78, 5) is 2.07. The molecular formula is C13H20Cl2N2O2. The maximum Gasteiger partial charge on any atom is 0.156 e. The van der Waals surface area contributed by atoms with Gasteiger partial charge in [0.05, 0.1) is 10.0 Å². The minimum absolute atomic E-state index is 0.151. The van der Waals surface area contributed by atoms with Crippen LogP contribution in [-0.2, 0) is 0 Å². The summed E-state index contributed by atoms with van der Waals surface area (Å²) in [5.41, 5.74) is 0. The van der Waals surface area contributed by atoms with Gasteiger partial charge in [-0.15, -0.1) is 0 Å². The smallest absolute Gasteiger partial charge is 0.156 e. The van der Waals surface area contributed by atoms with E-state index in [0.29, 0.717) is 22.3 Å². The molecule has 4 nitrogen and oxygen atoms in total. The van der Waals surface area contributed by atoms with Crippen LogP contribution in [0.1, 0.15) is 0 Å². The molecule has 1 atom stereocenters. The van der Waals surface area contributed by atoms with Gasteiger partial charge in [0, 0.05) is 19.6 Å². The quantitative estimate of drug-likeness (QED) is 0.720. The standard InChI is InChI=1S/C13H20Cl2N2O2/c1-17(2)7-6-16-8-10(18)9-19-13-11(14)4-3-5-12(13)15/h3-5,10,16,18H,6-9H2,1-2H3. The molecule has 1 rings (SSSR count). The predicted molar refractivity (Wildman–Crippen MR) is 79.4 cm³/mol. The van der Waals surface area contributed by atoms with Crippen LogP contribution in [-0.4, -0.2) is 56.4 Å². The summed E-state index contributed by atoms with van der Waals surface area (Å²) in [6.45, 7) is 2.36. The lowest BCUT2D eigenvalue weighted by atomic mass is 10.3. The summed E-state index contributed by atoms with van der Waals surface area (Å²) < 4.78 is 5.44. The molecule has 1 aromatic carbocycles. The van der Waals surface area contributed by atoms with Gasteiger partial charge in [0.1, 0.15) is 12.7 Å². The van der Waals surface area contributed by atoms with E-state index in [9.17, 15) is 5.11 Å². The van der Waals surface area contributed by atoms with Gasteiger partial charge in [0.2, 0.25) is 0 Å². The first kappa shape index (κ1) is 16.5. The Balaban J connectivity index is 2.28. The van der Waals surface area contributed by atoms with E-state index >= 15 is 0 Å². The molecule has 0 saturated carbocycles. The van der Waals surface area contributed by atoms with Crippen molar-refractivity contribution in [2.24, 2.45) is 0 Å². The molecule has 0 aliphatic heterocycles. The maximum absolute atomic E-state index is 9.77. The number of aliphatic hydroxyl groups is 1. The molecule has 0 amide bonds. The Labute approximate surface area is 124 Å². The number of halogens is 2. The highest BCUT2D eigenvalue weighted by Crippen LogP contribution is 2.32. The molecule has 108 valence electrons. The largest absolute Gasteiger partial charge is 0.488 e. The summed E-state index contributed by atoms with van der Waals surface area (Å²) in [5, 5.41) is 13.8. The van der Waals surface area contributed by atoms with Gasteiger partial charge in [0.25, 0.3) is 0 Å². The van der Waals surface area contributed by atoms with Crippen LogP contribution in [0.2, 0.25) is 10.0 Å². The van der Waals surface area contributed by atoms with Crippen molar-refractivity contribution in [3.05, 3.63) is 28.2 Å². The van der Waals surface area contributed by atoms with E-state index < -0.39 is 6.10 Å². The summed E-state index contributed by atoms with van der Waals surface area (Å²) in [5.74, 6) is 0.415. The number of ether oxygens (including phenoxy) is 1. The van der Waals surface area contributed by atoms with Crippen molar-refractivity contribution < 1.29 is 9.84 Å². The first-order chi connectivity index (χ1) is 9.00. The first-order valence-electron chi connectivity index (χ1n) is 6.11. The molecular weight excluding hydrogens is 287 g/mol. The zero-order valence-electron chi connectivity index (χ0n) is 11.2. The molecule has 0 bridgehead atoms. The highest BCUT2D eigenvalue weighted by atomic mass is 35.5. The number of likely N-dealkylation sites (N-methyl/N-ethyl adjacent to an activating group) is 1. The van der Waals surface area contributed by atoms with E-state index in [2.05, 4.69) is 10.2 Å². The maximum atomic E-state index is 9.77. The van der Waals surface area contributed by atoms with Gasteiger partial charge in [-0.3, -0.25) is 0 Å². The number of benzene rings is 1. The van der Waals surface area contributed by atoms with Crippen LogP contribution in [0, 0.1) is 0 Å². The Kier molecular flexibility index (Phi) is 7.49. The van der Waals surface area contributed by atoms with Crippen LogP contribution in [0.25, 0.3) is 0 Å². The molecule has 0 radical (unpaired) electrons.